The van der Waals surface area contributed by atoms with Crippen LogP contribution in [-0.4, -0.2) is 30.1 Å². The summed E-state index contributed by atoms with van der Waals surface area (Å²) in [4.78, 5) is 23.1. The molecule has 0 aliphatic carbocycles. The van der Waals surface area contributed by atoms with E-state index in [1.54, 1.807) is 13.0 Å². The highest BCUT2D eigenvalue weighted by Crippen LogP contribution is 2.33. The van der Waals surface area contributed by atoms with E-state index in [1.807, 2.05) is 19.9 Å². The van der Waals surface area contributed by atoms with Gasteiger partial charge in [-0.05, 0) is 57.6 Å². The molecule has 0 N–H and O–H groups in total. The second-order valence-corrected chi connectivity index (χ2v) is 7.08. The van der Waals surface area contributed by atoms with E-state index in [-0.39, 0.29) is 36.0 Å². The minimum atomic E-state index is -0.385. The number of hydrogen-bond donors (Lipinski definition) is 0. The maximum Gasteiger partial charge on any atom is 0.303 e. The van der Waals surface area contributed by atoms with Crippen molar-refractivity contribution in [1.29, 1.82) is 0 Å². The van der Waals surface area contributed by atoms with Gasteiger partial charge >= 0.3 is 5.97 Å². The minimum Gasteiger partial charge on any atom is -0.459 e. The van der Waals surface area contributed by atoms with Gasteiger partial charge in [-0.2, -0.15) is 0 Å². The SMILES string of the molecule is C=C/C(C)=C/C[C@@H]1O[C@H](C)[C@H](CC(=O)/C=C\[C@H](C)OC(C)=O)C[C@@H]1C. The van der Waals surface area contributed by atoms with Crippen LogP contribution in [0.4, 0.5) is 0 Å². The van der Waals surface area contributed by atoms with Crippen LogP contribution in [0.25, 0.3) is 0 Å². The average Bonchev–Trinajstić information content (AvgIpc) is 2.53. The van der Waals surface area contributed by atoms with Gasteiger partial charge in [-0.3, -0.25) is 9.59 Å². The molecule has 0 unspecified atom stereocenters. The Morgan fingerprint density at radius 3 is 2.60 bits per heavy atom. The molecule has 0 radical (unpaired) electrons. The van der Waals surface area contributed by atoms with Gasteiger partial charge in [0.25, 0.3) is 0 Å². The zero-order valence-corrected chi connectivity index (χ0v) is 16.2. The van der Waals surface area contributed by atoms with E-state index in [0.717, 1.165) is 18.4 Å². The second-order valence-electron chi connectivity index (χ2n) is 7.08. The predicted octanol–water partition coefficient (Wildman–Crippen LogP) is 4.41. The molecule has 5 atom stereocenters. The molecule has 0 bridgehead atoms. The first-order chi connectivity index (χ1) is 11.7. The molecule has 25 heavy (non-hydrogen) atoms. The van der Waals surface area contributed by atoms with Crippen LogP contribution in [0.5, 0.6) is 0 Å². The number of carbonyl (C=O) groups excluding carboxylic acids is 2. The Morgan fingerprint density at radius 2 is 2.00 bits per heavy atom. The van der Waals surface area contributed by atoms with E-state index in [9.17, 15) is 9.59 Å². The van der Waals surface area contributed by atoms with Gasteiger partial charge in [0.05, 0.1) is 12.2 Å². The summed E-state index contributed by atoms with van der Waals surface area (Å²) in [6.07, 6.45) is 9.34. The van der Waals surface area contributed by atoms with Crippen molar-refractivity contribution in [3.8, 4) is 0 Å². The third-order valence-electron chi connectivity index (χ3n) is 4.72. The van der Waals surface area contributed by atoms with Crippen LogP contribution in [0.3, 0.4) is 0 Å². The summed E-state index contributed by atoms with van der Waals surface area (Å²) in [7, 11) is 0. The Kier molecular flexibility index (Phi) is 8.84. The van der Waals surface area contributed by atoms with Gasteiger partial charge in [0.15, 0.2) is 5.78 Å². The Hall–Kier alpha value is -1.68. The van der Waals surface area contributed by atoms with E-state index in [0.29, 0.717) is 12.3 Å². The molecule has 1 aliphatic rings. The van der Waals surface area contributed by atoms with Gasteiger partial charge in [-0.15, -0.1) is 0 Å². The Morgan fingerprint density at radius 1 is 1.32 bits per heavy atom. The van der Waals surface area contributed by atoms with Gasteiger partial charge in [-0.25, -0.2) is 0 Å². The number of esters is 1. The largest absolute Gasteiger partial charge is 0.459 e. The summed E-state index contributed by atoms with van der Waals surface area (Å²) in [5, 5.41) is 0. The van der Waals surface area contributed by atoms with Crippen molar-refractivity contribution >= 4 is 11.8 Å². The van der Waals surface area contributed by atoms with Crippen molar-refractivity contribution in [2.75, 3.05) is 0 Å². The van der Waals surface area contributed by atoms with E-state index < -0.39 is 0 Å². The maximum absolute atomic E-state index is 12.2. The molecule has 1 saturated heterocycles. The summed E-state index contributed by atoms with van der Waals surface area (Å²) in [5.74, 6) is 0.329. The fourth-order valence-corrected chi connectivity index (χ4v) is 3.13. The number of ketones is 1. The zero-order chi connectivity index (χ0) is 19.0. The smallest absolute Gasteiger partial charge is 0.303 e. The Bertz CT molecular complexity index is 532. The van der Waals surface area contributed by atoms with Gasteiger partial charge in [-0.1, -0.05) is 31.2 Å². The van der Waals surface area contributed by atoms with Crippen LogP contribution in [-0.2, 0) is 19.1 Å². The Balaban J connectivity index is 2.53. The van der Waals surface area contributed by atoms with Crippen molar-refractivity contribution < 1.29 is 19.1 Å². The topological polar surface area (TPSA) is 52.6 Å². The normalized spacial score (nSPS) is 28.6. The predicted molar refractivity (Wildman–Crippen MR) is 100 cm³/mol. The molecule has 0 amide bonds. The lowest BCUT2D eigenvalue weighted by Gasteiger charge is -2.38. The van der Waals surface area contributed by atoms with Crippen LogP contribution in [0.1, 0.15) is 53.9 Å². The summed E-state index contributed by atoms with van der Waals surface area (Å²) in [6, 6.07) is 0. The highest BCUT2D eigenvalue weighted by molar-refractivity contribution is 5.89. The van der Waals surface area contributed by atoms with E-state index in [2.05, 4.69) is 19.6 Å². The number of allylic oxidation sites excluding steroid dienone is 3. The molecule has 0 spiro atoms. The first-order valence-electron chi connectivity index (χ1n) is 9.05. The molecular formula is C21H32O4. The molecule has 0 saturated carbocycles. The third-order valence-corrected chi connectivity index (χ3v) is 4.72. The molecule has 1 fully saturated rings. The molecule has 0 aromatic heterocycles. The Labute approximate surface area is 152 Å². The molecule has 4 nitrogen and oxygen atoms in total. The molecule has 0 aromatic rings. The lowest BCUT2D eigenvalue weighted by molar-refractivity contribution is -0.143. The first kappa shape index (κ1) is 21.4. The van der Waals surface area contributed by atoms with Gasteiger partial charge in [0, 0.05) is 13.3 Å². The second kappa shape index (κ2) is 10.3. The third kappa shape index (κ3) is 7.82. The molecular weight excluding hydrogens is 316 g/mol. The van der Waals surface area contributed by atoms with E-state index in [4.69, 9.17) is 9.47 Å². The molecule has 140 valence electrons. The van der Waals surface area contributed by atoms with E-state index >= 15 is 0 Å². The van der Waals surface area contributed by atoms with Crippen LogP contribution >= 0.6 is 0 Å². The fraction of sp³-hybridized carbons (Fsp3) is 0.619. The standard InChI is InChI=1S/C21H32O4/c1-7-14(2)8-11-21-15(3)12-19(17(5)25-21)13-20(23)10-9-16(4)24-18(6)22/h7-10,15-17,19,21H,1,11-13H2,2-6H3/b10-9-,14-8+/t15-,16-,17+,19-,21-/m0/s1. The number of carbonyl (C=O) groups is 2. The lowest BCUT2D eigenvalue weighted by Crippen LogP contribution is -2.39. The van der Waals surface area contributed by atoms with Gasteiger partial charge in [0.2, 0.25) is 0 Å². The van der Waals surface area contributed by atoms with Crippen molar-refractivity contribution in [3.63, 3.8) is 0 Å². The molecule has 1 rings (SSSR count). The minimum absolute atomic E-state index is 0.0486. The van der Waals surface area contributed by atoms with Gasteiger partial charge < -0.3 is 9.47 Å². The molecule has 0 aromatic carbocycles. The molecule has 1 aliphatic heterocycles. The monoisotopic (exact) mass is 348 g/mol. The first-order valence-corrected chi connectivity index (χ1v) is 9.05. The maximum atomic E-state index is 12.2. The van der Waals surface area contributed by atoms with E-state index in [1.165, 1.54) is 13.0 Å². The van der Waals surface area contributed by atoms with Crippen molar-refractivity contribution in [3.05, 3.63) is 36.5 Å². The molecule has 1 heterocycles. The molecule has 4 heteroatoms. The van der Waals surface area contributed by atoms with Crippen molar-refractivity contribution in [2.45, 2.75) is 72.2 Å². The number of hydrogen-bond acceptors (Lipinski definition) is 4. The van der Waals surface area contributed by atoms with Crippen LogP contribution in [0, 0.1) is 11.8 Å². The van der Waals surface area contributed by atoms with Crippen LogP contribution in [0.2, 0.25) is 0 Å². The summed E-state index contributed by atoms with van der Waals surface area (Å²) >= 11 is 0. The number of ether oxygens (including phenoxy) is 2. The van der Waals surface area contributed by atoms with Crippen molar-refractivity contribution in [1.82, 2.24) is 0 Å². The van der Waals surface area contributed by atoms with Gasteiger partial charge in [0.1, 0.15) is 6.10 Å². The summed E-state index contributed by atoms with van der Waals surface area (Å²) in [6.45, 7) is 13.1. The quantitative estimate of drug-likeness (QED) is 0.370. The highest BCUT2D eigenvalue weighted by atomic mass is 16.5. The van der Waals surface area contributed by atoms with Crippen LogP contribution in [0.15, 0.2) is 36.5 Å². The fourth-order valence-electron chi connectivity index (χ4n) is 3.13. The van der Waals surface area contributed by atoms with Crippen molar-refractivity contribution in [2.24, 2.45) is 11.8 Å². The van der Waals surface area contributed by atoms with Crippen LogP contribution < -0.4 is 0 Å². The number of rotatable bonds is 8. The highest BCUT2D eigenvalue weighted by Gasteiger charge is 2.33. The summed E-state index contributed by atoms with van der Waals surface area (Å²) in [5.41, 5.74) is 1.16. The average molecular weight is 348 g/mol. The summed E-state index contributed by atoms with van der Waals surface area (Å²) < 4.78 is 11.1. The zero-order valence-electron chi connectivity index (χ0n) is 16.2. The lowest BCUT2D eigenvalue weighted by atomic mass is 9.81.